The van der Waals surface area contributed by atoms with Gasteiger partial charge in [0.25, 0.3) is 0 Å². The van der Waals surface area contributed by atoms with Crippen LogP contribution in [0.4, 0.5) is 0 Å². The van der Waals surface area contributed by atoms with E-state index in [4.69, 9.17) is 9.47 Å². The minimum atomic E-state index is -0.253. The SMILES string of the molecule is COc1cccc(CC(=O)N2CCC(COc3ccccc3)(CC(=O)N3CCCCC3)CC2)c1. The second kappa shape index (κ2) is 11.4. The molecule has 6 nitrogen and oxygen atoms in total. The fraction of sp³-hybridized carbons (Fsp3) is 0.500. The molecule has 0 bridgehead atoms. The quantitative estimate of drug-likeness (QED) is 0.584. The molecule has 0 spiro atoms. The first kappa shape index (κ1) is 24.1. The summed E-state index contributed by atoms with van der Waals surface area (Å²) < 4.78 is 11.5. The molecule has 0 radical (unpaired) electrons. The molecule has 2 fully saturated rings. The van der Waals surface area contributed by atoms with Crippen molar-refractivity contribution >= 4 is 11.8 Å². The number of para-hydroxylation sites is 1. The summed E-state index contributed by atoms with van der Waals surface area (Å²) in [5, 5.41) is 0. The van der Waals surface area contributed by atoms with Gasteiger partial charge in [-0.3, -0.25) is 9.59 Å². The van der Waals surface area contributed by atoms with Gasteiger partial charge in [0.05, 0.1) is 20.1 Å². The number of methoxy groups -OCH3 is 1. The minimum absolute atomic E-state index is 0.119. The molecule has 2 aromatic rings. The number of benzene rings is 2. The highest BCUT2D eigenvalue weighted by atomic mass is 16.5. The summed E-state index contributed by atoms with van der Waals surface area (Å²) in [4.78, 5) is 30.1. The standard InChI is InChI=1S/C28H36N2O4/c1-33-25-12-8-9-23(19-25)20-26(31)30-17-13-28(14-18-30,22-34-24-10-4-2-5-11-24)21-27(32)29-15-6-3-7-16-29/h2,4-5,8-12,19H,3,6-7,13-18,20-22H2,1H3. The van der Waals surface area contributed by atoms with Crippen LogP contribution in [0.5, 0.6) is 11.5 Å². The number of nitrogens with zero attached hydrogens (tertiary/aromatic N) is 2. The molecule has 2 heterocycles. The predicted octanol–water partition coefficient (Wildman–Crippen LogP) is 4.33. The van der Waals surface area contributed by atoms with Crippen LogP contribution in [-0.4, -0.2) is 61.5 Å². The lowest BCUT2D eigenvalue weighted by Crippen LogP contribution is -2.48. The third-order valence-electron chi connectivity index (χ3n) is 7.19. The Bertz CT molecular complexity index is 948. The molecular formula is C28H36N2O4. The van der Waals surface area contributed by atoms with Crippen LogP contribution in [0.3, 0.4) is 0 Å². The number of hydrogen-bond acceptors (Lipinski definition) is 4. The van der Waals surface area contributed by atoms with Crippen LogP contribution in [0.25, 0.3) is 0 Å². The second-order valence-corrected chi connectivity index (χ2v) is 9.63. The Kier molecular flexibility index (Phi) is 8.09. The number of hydrogen-bond donors (Lipinski definition) is 0. The maximum atomic E-state index is 13.2. The number of carbonyl (C=O) groups is 2. The van der Waals surface area contributed by atoms with E-state index in [1.165, 1.54) is 6.42 Å². The molecule has 0 unspecified atom stereocenters. The molecule has 0 atom stereocenters. The van der Waals surface area contributed by atoms with Gasteiger partial charge in [0.1, 0.15) is 11.5 Å². The van der Waals surface area contributed by atoms with Gasteiger partial charge in [0.2, 0.25) is 11.8 Å². The van der Waals surface area contributed by atoms with Crippen LogP contribution in [0.15, 0.2) is 54.6 Å². The van der Waals surface area contributed by atoms with E-state index in [0.717, 1.165) is 55.8 Å². The number of carbonyl (C=O) groups excluding carboxylic acids is 2. The van der Waals surface area contributed by atoms with Crippen LogP contribution in [0, 0.1) is 5.41 Å². The first-order valence-corrected chi connectivity index (χ1v) is 12.4. The van der Waals surface area contributed by atoms with Gasteiger partial charge in [0.15, 0.2) is 0 Å². The summed E-state index contributed by atoms with van der Waals surface area (Å²) in [5.74, 6) is 1.93. The van der Waals surface area contributed by atoms with Gasteiger partial charge >= 0.3 is 0 Å². The zero-order valence-corrected chi connectivity index (χ0v) is 20.2. The van der Waals surface area contributed by atoms with Gasteiger partial charge in [-0.15, -0.1) is 0 Å². The number of piperidine rings is 2. The highest BCUT2D eigenvalue weighted by molar-refractivity contribution is 5.79. The average Bonchev–Trinajstić information content (AvgIpc) is 2.89. The molecule has 0 saturated carbocycles. The summed E-state index contributed by atoms with van der Waals surface area (Å²) in [6, 6.07) is 17.5. The Morgan fingerprint density at radius 2 is 1.50 bits per heavy atom. The highest BCUT2D eigenvalue weighted by Gasteiger charge is 2.39. The van der Waals surface area contributed by atoms with Crippen molar-refractivity contribution in [2.24, 2.45) is 5.41 Å². The third kappa shape index (κ3) is 6.31. The van der Waals surface area contributed by atoms with E-state index in [1.807, 2.05) is 64.4 Å². The molecular weight excluding hydrogens is 428 g/mol. The van der Waals surface area contributed by atoms with Crippen molar-refractivity contribution in [1.29, 1.82) is 0 Å². The molecule has 2 aromatic carbocycles. The molecule has 2 aliphatic rings. The van der Waals surface area contributed by atoms with E-state index in [9.17, 15) is 9.59 Å². The minimum Gasteiger partial charge on any atom is -0.497 e. The van der Waals surface area contributed by atoms with Gasteiger partial charge in [0, 0.05) is 38.0 Å². The van der Waals surface area contributed by atoms with Crippen molar-refractivity contribution in [2.45, 2.75) is 44.9 Å². The number of amides is 2. The monoisotopic (exact) mass is 464 g/mol. The first-order valence-electron chi connectivity index (χ1n) is 12.4. The fourth-order valence-corrected chi connectivity index (χ4v) is 5.00. The van der Waals surface area contributed by atoms with Gasteiger partial charge in [-0.05, 0) is 61.9 Å². The molecule has 2 aliphatic heterocycles. The highest BCUT2D eigenvalue weighted by Crippen LogP contribution is 2.37. The summed E-state index contributed by atoms with van der Waals surface area (Å²) in [6.45, 7) is 3.51. The maximum absolute atomic E-state index is 13.2. The Labute approximate surface area is 202 Å². The predicted molar refractivity (Wildman–Crippen MR) is 132 cm³/mol. The third-order valence-corrected chi connectivity index (χ3v) is 7.19. The van der Waals surface area contributed by atoms with Crippen molar-refractivity contribution in [3.63, 3.8) is 0 Å². The molecule has 0 aromatic heterocycles. The van der Waals surface area contributed by atoms with E-state index in [2.05, 4.69) is 0 Å². The van der Waals surface area contributed by atoms with E-state index in [0.29, 0.717) is 32.5 Å². The van der Waals surface area contributed by atoms with Crippen molar-refractivity contribution < 1.29 is 19.1 Å². The molecule has 2 amide bonds. The van der Waals surface area contributed by atoms with Gasteiger partial charge < -0.3 is 19.3 Å². The summed E-state index contributed by atoms with van der Waals surface area (Å²) in [7, 11) is 1.63. The Hall–Kier alpha value is -3.02. The summed E-state index contributed by atoms with van der Waals surface area (Å²) in [5.41, 5.74) is 0.700. The van der Waals surface area contributed by atoms with Crippen LogP contribution in [-0.2, 0) is 16.0 Å². The Balaban J connectivity index is 1.40. The molecule has 0 aliphatic carbocycles. The molecule has 6 heteroatoms. The largest absolute Gasteiger partial charge is 0.497 e. The van der Waals surface area contributed by atoms with Gasteiger partial charge in [-0.2, -0.15) is 0 Å². The summed E-state index contributed by atoms with van der Waals surface area (Å²) in [6.07, 6.45) is 5.76. The Morgan fingerprint density at radius 1 is 0.824 bits per heavy atom. The van der Waals surface area contributed by atoms with E-state index < -0.39 is 0 Å². The van der Waals surface area contributed by atoms with Crippen molar-refractivity contribution in [3.8, 4) is 11.5 Å². The topological polar surface area (TPSA) is 59.1 Å². The van der Waals surface area contributed by atoms with Crippen LogP contribution in [0.2, 0.25) is 0 Å². The van der Waals surface area contributed by atoms with Crippen molar-refractivity contribution in [1.82, 2.24) is 9.80 Å². The fourth-order valence-electron chi connectivity index (χ4n) is 5.00. The van der Waals surface area contributed by atoms with Crippen LogP contribution in [0.1, 0.15) is 44.1 Å². The van der Waals surface area contributed by atoms with E-state index >= 15 is 0 Å². The lowest BCUT2D eigenvalue weighted by Gasteiger charge is -2.42. The normalized spacial score (nSPS) is 17.8. The lowest BCUT2D eigenvalue weighted by molar-refractivity contribution is -0.138. The van der Waals surface area contributed by atoms with E-state index in [-0.39, 0.29) is 17.2 Å². The smallest absolute Gasteiger partial charge is 0.226 e. The number of rotatable bonds is 8. The van der Waals surface area contributed by atoms with Gasteiger partial charge in [-0.1, -0.05) is 30.3 Å². The zero-order valence-electron chi connectivity index (χ0n) is 20.2. The van der Waals surface area contributed by atoms with Crippen LogP contribution < -0.4 is 9.47 Å². The molecule has 0 N–H and O–H groups in total. The van der Waals surface area contributed by atoms with E-state index in [1.54, 1.807) is 7.11 Å². The summed E-state index contributed by atoms with van der Waals surface area (Å²) >= 11 is 0. The molecule has 4 rings (SSSR count). The first-order chi connectivity index (χ1) is 16.6. The van der Waals surface area contributed by atoms with Gasteiger partial charge in [-0.25, -0.2) is 0 Å². The second-order valence-electron chi connectivity index (χ2n) is 9.63. The molecule has 182 valence electrons. The number of likely N-dealkylation sites (tertiary alicyclic amines) is 2. The van der Waals surface area contributed by atoms with Crippen molar-refractivity contribution in [3.05, 3.63) is 60.2 Å². The lowest BCUT2D eigenvalue weighted by atomic mass is 9.75. The maximum Gasteiger partial charge on any atom is 0.226 e. The number of ether oxygens (including phenoxy) is 2. The molecule has 34 heavy (non-hydrogen) atoms. The van der Waals surface area contributed by atoms with Crippen molar-refractivity contribution in [2.75, 3.05) is 39.9 Å². The van der Waals surface area contributed by atoms with Crippen LogP contribution >= 0.6 is 0 Å². The average molecular weight is 465 g/mol. The zero-order chi connectivity index (χ0) is 23.8. The molecule has 2 saturated heterocycles. The Morgan fingerprint density at radius 3 is 2.21 bits per heavy atom.